The van der Waals surface area contributed by atoms with Gasteiger partial charge in [0, 0.05) is 40.6 Å². The van der Waals surface area contributed by atoms with Crippen LogP contribution in [0.25, 0.3) is 10.8 Å². The van der Waals surface area contributed by atoms with E-state index in [2.05, 4.69) is 44.0 Å². The average molecular weight is 306 g/mol. The molecule has 1 aromatic heterocycles. The Balaban J connectivity index is 2.09. The lowest BCUT2D eigenvalue weighted by Gasteiger charge is -2.32. The summed E-state index contributed by atoms with van der Waals surface area (Å²) in [4.78, 5) is 6.86. The molecule has 94 valence electrons. The van der Waals surface area contributed by atoms with Crippen molar-refractivity contribution < 1.29 is 0 Å². The number of aromatic nitrogens is 1. The Morgan fingerprint density at radius 3 is 3.00 bits per heavy atom. The number of piperidine rings is 1. The second kappa shape index (κ2) is 4.86. The van der Waals surface area contributed by atoms with E-state index in [-0.39, 0.29) is 6.04 Å². The van der Waals surface area contributed by atoms with Crippen molar-refractivity contribution >= 4 is 32.5 Å². The standard InChI is InChI=1S/C14H16BrN3/c15-13-5-1-4-12-11(13)6-7-17-14(12)18-8-2-3-10(16)9-18/h1,4-7,10H,2-3,8-9,16H2. The molecule has 3 nitrogen and oxygen atoms in total. The molecule has 1 unspecified atom stereocenters. The van der Waals surface area contributed by atoms with Gasteiger partial charge >= 0.3 is 0 Å². The molecule has 4 heteroatoms. The molecule has 2 aromatic rings. The highest BCUT2D eigenvalue weighted by atomic mass is 79.9. The largest absolute Gasteiger partial charge is 0.355 e. The first-order valence-corrected chi connectivity index (χ1v) is 7.09. The molecule has 1 aliphatic heterocycles. The van der Waals surface area contributed by atoms with E-state index < -0.39 is 0 Å². The van der Waals surface area contributed by atoms with Gasteiger partial charge in [-0.1, -0.05) is 28.1 Å². The molecule has 3 rings (SSSR count). The Morgan fingerprint density at radius 1 is 1.28 bits per heavy atom. The number of benzene rings is 1. The maximum Gasteiger partial charge on any atom is 0.136 e. The molecule has 1 fully saturated rings. The number of nitrogens with zero attached hydrogens (tertiary/aromatic N) is 2. The van der Waals surface area contributed by atoms with Gasteiger partial charge in [-0.05, 0) is 25.0 Å². The summed E-state index contributed by atoms with van der Waals surface area (Å²) in [5, 5.41) is 2.41. The molecule has 1 aliphatic rings. The smallest absolute Gasteiger partial charge is 0.136 e. The summed E-state index contributed by atoms with van der Waals surface area (Å²) in [6.07, 6.45) is 4.14. The van der Waals surface area contributed by atoms with Gasteiger partial charge in [0.05, 0.1) is 0 Å². The van der Waals surface area contributed by atoms with Crippen LogP contribution in [-0.4, -0.2) is 24.1 Å². The van der Waals surface area contributed by atoms with Crippen LogP contribution < -0.4 is 10.6 Å². The Kier molecular flexibility index (Phi) is 3.22. The van der Waals surface area contributed by atoms with Crippen molar-refractivity contribution in [3.63, 3.8) is 0 Å². The second-order valence-electron chi connectivity index (χ2n) is 4.82. The van der Waals surface area contributed by atoms with E-state index in [9.17, 15) is 0 Å². The Morgan fingerprint density at radius 2 is 2.17 bits per heavy atom. The minimum absolute atomic E-state index is 0.267. The zero-order valence-corrected chi connectivity index (χ0v) is 11.7. The quantitative estimate of drug-likeness (QED) is 0.881. The molecule has 1 atom stereocenters. The van der Waals surface area contributed by atoms with Gasteiger partial charge in [-0.15, -0.1) is 0 Å². The van der Waals surface area contributed by atoms with Crippen molar-refractivity contribution in [2.45, 2.75) is 18.9 Å². The molecular weight excluding hydrogens is 290 g/mol. The summed E-state index contributed by atoms with van der Waals surface area (Å²) < 4.78 is 1.12. The van der Waals surface area contributed by atoms with Crippen LogP contribution in [0.15, 0.2) is 34.9 Å². The van der Waals surface area contributed by atoms with Crippen LogP contribution in [0.5, 0.6) is 0 Å². The summed E-state index contributed by atoms with van der Waals surface area (Å²) >= 11 is 3.60. The van der Waals surface area contributed by atoms with E-state index >= 15 is 0 Å². The summed E-state index contributed by atoms with van der Waals surface area (Å²) in [5.74, 6) is 1.06. The van der Waals surface area contributed by atoms with Crippen LogP contribution in [0.1, 0.15) is 12.8 Å². The van der Waals surface area contributed by atoms with Gasteiger partial charge in [0.1, 0.15) is 5.82 Å². The molecule has 0 bridgehead atoms. The lowest BCUT2D eigenvalue weighted by molar-refractivity contribution is 0.504. The molecule has 2 heterocycles. The Labute approximate surface area is 115 Å². The first kappa shape index (κ1) is 11.9. The third kappa shape index (κ3) is 2.10. The summed E-state index contributed by atoms with van der Waals surface area (Å²) in [7, 11) is 0. The minimum atomic E-state index is 0.267. The van der Waals surface area contributed by atoms with Gasteiger partial charge in [0.25, 0.3) is 0 Å². The average Bonchev–Trinajstić information content (AvgIpc) is 2.39. The van der Waals surface area contributed by atoms with Gasteiger partial charge in [0.2, 0.25) is 0 Å². The van der Waals surface area contributed by atoms with Crippen molar-refractivity contribution in [1.29, 1.82) is 0 Å². The molecule has 1 saturated heterocycles. The van der Waals surface area contributed by atoms with Crippen LogP contribution in [0.3, 0.4) is 0 Å². The highest BCUT2D eigenvalue weighted by Gasteiger charge is 2.19. The molecule has 0 radical (unpaired) electrons. The Bertz CT molecular complexity index is 570. The number of fused-ring (bicyclic) bond motifs is 1. The molecule has 0 spiro atoms. The van der Waals surface area contributed by atoms with E-state index in [0.29, 0.717) is 0 Å². The maximum absolute atomic E-state index is 6.06. The van der Waals surface area contributed by atoms with Gasteiger partial charge in [-0.2, -0.15) is 0 Å². The number of hydrogen-bond acceptors (Lipinski definition) is 3. The van der Waals surface area contributed by atoms with Crippen LogP contribution in [0.2, 0.25) is 0 Å². The SMILES string of the molecule is NC1CCCN(c2nccc3c(Br)cccc23)C1. The van der Waals surface area contributed by atoms with Crippen molar-refractivity contribution in [2.24, 2.45) is 5.73 Å². The number of anilines is 1. The number of rotatable bonds is 1. The van der Waals surface area contributed by atoms with Crippen molar-refractivity contribution in [3.05, 3.63) is 34.9 Å². The van der Waals surface area contributed by atoms with E-state index in [4.69, 9.17) is 5.73 Å². The lowest BCUT2D eigenvalue weighted by atomic mass is 10.1. The van der Waals surface area contributed by atoms with Crippen molar-refractivity contribution in [1.82, 2.24) is 4.98 Å². The van der Waals surface area contributed by atoms with Gasteiger partial charge in [-0.25, -0.2) is 4.98 Å². The summed E-state index contributed by atoms with van der Waals surface area (Å²) in [6, 6.07) is 8.56. The molecule has 0 saturated carbocycles. The van der Waals surface area contributed by atoms with E-state index in [1.54, 1.807) is 0 Å². The van der Waals surface area contributed by atoms with Gasteiger partial charge in [0.15, 0.2) is 0 Å². The molecule has 1 aromatic carbocycles. The number of pyridine rings is 1. The summed E-state index contributed by atoms with van der Waals surface area (Å²) in [5.41, 5.74) is 6.06. The number of hydrogen-bond donors (Lipinski definition) is 1. The van der Waals surface area contributed by atoms with Crippen molar-refractivity contribution in [3.8, 4) is 0 Å². The zero-order chi connectivity index (χ0) is 12.5. The van der Waals surface area contributed by atoms with Crippen LogP contribution in [-0.2, 0) is 0 Å². The predicted octanol–water partition coefficient (Wildman–Crippen LogP) is 2.92. The minimum Gasteiger partial charge on any atom is -0.355 e. The van der Waals surface area contributed by atoms with Gasteiger partial charge < -0.3 is 10.6 Å². The second-order valence-corrected chi connectivity index (χ2v) is 5.67. The van der Waals surface area contributed by atoms with E-state index in [1.165, 1.54) is 10.8 Å². The van der Waals surface area contributed by atoms with Crippen LogP contribution >= 0.6 is 15.9 Å². The lowest BCUT2D eigenvalue weighted by Crippen LogP contribution is -2.43. The van der Waals surface area contributed by atoms with Crippen LogP contribution in [0, 0.1) is 0 Å². The van der Waals surface area contributed by atoms with E-state index in [0.717, 1.165) is 36.2 Å². The zero-order valence-electron chi connectivity index (χ0n) is 10.1. The molecular formula is C14H16BrN3. The fraction of sp³-hybridized carbons (Fsp3) is 0.357. The van der Waals surface area contributed by atoms with E-state index in [1.807, 2.05) is 12.3 Å². The van der Waals surface area contributed by atoms with Gasteiger partial charge in [-0.3, -0.25) is 0 Å². The fourth-order valence-electron chi connectivity index (χ4n) is 2.61. The number of nitrogens with two attached hydrogens (primary N) is 1. The third-order valence-electron chi connectivity index (χ3n) is 3.49. The molecule has 0 aliphatic carbocycles. The van der Waals surface area contributed by atoms with Crippen molar-refractivity contribution in [2.75, 3.05) is 18.0 Å². The number of halogens is 1. The first-order valence-electron chi connectivity index (χ1n) is 6.29. The fourth-order valence-corrected chi connectivity index (χ4v) is 3.11. The normalized spacial score (nSPS) is 20.3. The highest BCUT2D eigenvalue weighted by Crippen LogP contribution is 2.30. The predicted molar refractivity (Wildman–Crippen MR) is 78.9 cm³/mol. The first-order chi connectivity index (χ1) is 8.75. The monoisotopic (exact) mass is 305 g/mol. The maximum atomic E-state index is 6.06. The topological polar surface area (TPSA) is 42.1 Å². The molecule has 18 heavy (non-hydrogen) atoms. The highest BCUT2D eigenvalue weighted by molar-refractivity contribution is 9.10. The molecule has 2 N–H and O–H groups in total. The molecule has 0 amide bonds. The summed E-state index contributed by atoms with van der Waals surface area (Å²) in [6.45, 7) is 1.95. The Hall–Kier alpha value is -1.13. The third-order valence-corrected chi connectivity index (χ3v) is 4.18. The van der Waals surface area contributed by atoms with Crippen LogP contribution in [0.4, 0.5) is 5.82 Å².